The van der Waals surface area contributed by atoms with Gasteiger partial charge in [0.15, 0.2) is 0 Å². The van der Waals surface area contributed by atoms with Crippen LogP contribution < -0.4 is 10.2 Å². The molecule has 36 heavy (non-hydrogen) atoms. The Morgan fingerprint density at radius 3 is 2.44 bits per heavy atom. The van der Waals surface area contributed by atoms with Gasteiger partial charge in [0.2, 0.25) is 5.91 Å². The molecule has 0 spiro atoms. The lowest BCUT2D eigenvalue weighted by Crippen LogP contribution is -2.48. The van der Waals surface area contributed by atoms with Crippen LogP contribution in [0.4, 0.5) is 17.2 Å². The maximum atomic E-state index is 13.3. The molecule has 1 aliphatic heterocycles. The van der Waals surface area contributed by atoms with Crippen molar-refractivity contribution in [3.63, 3.8) is 0 Å². The summed E-state index contributed by atoms with van der Waals surface area (Å²) in [7, 11) is -4.08. The smallest absolute Gasteiger partial charge is 0.284 e. The molecule has 0 radical (unpaired) electrons. The highest BCUT2D eigenvalue weighted by atomic mass is 32.2. The fourth-order valence-corrected chi connectivity index (χ4v) is 5.63. The summed E-state index contributed by atoms with van der Waals surface area (Å²) in [4.78, 5) is 19.9. The number of hydrogen-bond donors (Lipinski definition) is 1. The maximum Gasteiger partial charge on any atom is 0.284 e. The Bertz CT molecular complexity index is 1580. The highest BCUT2D eigenvalue weighted by Gasteiger charge is 2.24. The molecular formula is C25H23N7O3S. The first-order valence-electron chi connectivity index (χ1n) is 11.3. The summed E-state index contributed by atoms with van der Waals surface area (Å²) in [6.45, 7) is 4.55. The van der Waals surface area contributed by atoms with E-state index in [1.165, 1.54) is 18.3 Å². The normalized spacial score (nSPS) is 14.0. The van der Waals surface area contributed by atoms with E-state index in [0.29, 0.717) is 29.8 Å². The van der Waals surface area contributed by atoms with Crippen molar-refractivity contribution in [1.82, 2.24) is 19.1 Å². The molecule has 4 aromatic rings. The van der Waals surface area contributed by atoms with Crippen LogP contribution >= 0.6 is 0 Å². The Kier molecular flexibility index (Phi) is 6.03. The fourth-order valence-electron chi connectivity index (χ4n) is 4.22. The third kappa shape index (κ3) is 4.34. The molecule has 3 heterocycles. The second-order valence-corrected chi connectivity index (χ2v) is 10.1. The zero-order valence-electron chi connectivity index (χ0n) is 19.5. The van der Waals surface area contributed by atoms with Crippen LogP contribution in [0.15, 0.2) is 71.9 Å². The molecule has 0 saturated carbocycles. The van der Waals surface area contributed by atoms with Crippen molar-refractivity contribution in [3.8, 4) is 6.07 Å². The second kappa shape index (κ2) is 9.31. The van der Waals surface area contributed by atoms with Crippen LogP contribution in [0.2, 0.25) is 0 Å². The highest BCUT2D eigenvalue weighted by molar-refractivity contribution is 7.90. The summed E-state index contributed by atoms with van der Waals surface area (Å²) in [6.07, 6.45) is 2.98. The van der Waals surface area contributed by atoms with E-state index < -0.39 is 10.0 Å². The highest BCUT2D eigenvalue weighted by Crippen LogP contribution is 2.26. The second-order valence-electron chi connectivity index (χ2n) is 8.39. The van der Waals surface area contributed by atoms with Gasteiger partial charge in [-0.25, -0.2) is 4.98 Å². The van der Waals surface area contributed by atoms with Crippen LogP contribution in [0.3, 0.4) is 0 Å². The van der Waals surface area contributed by atoms with Gasteiger partial charge in [0.25, 0.3) is 10.0 Å². The quantitative estimate of drug-likeness (QED) is 0.443. The molecule has 1 fully saturated rings. The molecule has 1 saturated heterocycles. The Labute approximate surface area is 208 Å². The van der Waals surface area contributed by atoms with E-state index in [9.17, 15) is 18.5 Å². The van der Waals surface area contributed by atoms with Gasteiger partial charge in [-0.2, -0.15) is 22.9 Å². The molecule has 2 aromatic heterocycles. The van der Waals surface area contributed by atoms with Gasteiger partial charge < -0.3 is 15.1 Å². The lowest BCUT2D eigenvalue weighted by atomic mass is 10.2. The molecule has 10 nitrogen and oxygen atoms in total. The van der Waals surface area contributed by atoms with E-state index in [4.69, 9.17) is 0 Å². The lowest BCUT2D eigenvalue weighted by Gasteiger charge is -2.35. The minimum Gasteiger partial charge on any atom is -0.368 e. The number of amides is 1. The fraction of sp³-hybridized carbons (Fsp3) is 0.200. The van der Waals surface area contributed by atoms with Crippen molar-refractivity contribution >= 4 is 44.0 Å². The minimum atomic E-state index is -4.08. The number of carbonyl (C=O) groups is 1. The number of hydrogen-bond acceptors (Lipinski definition) is 8. The summed E-state index contributed by atoms with van der Waals surface area (Å²) in [6, 6.07) is 17.4. The Morgan fingerprint density at radius 2 is 1.75 bits per heavy atom. The number of aromatic nitrogens is 3. The Morgan fingerprint density at radius 1 is 1.03 bits per heavy atom. The summed E-state index contributed by atoms with van der Waals surface area (Å²) in [5.74, 6) is 0.554. The molecule has 1 aliphatic rings. The molecule has 0 bridgehead atoms. The van der Waals surface area contributed by atoms with E-state index in [2.05, 4.69) is 20.3 Å². The number of benzene rings is 2. The molecule has 1 N–H and O–H groups in total. The number of carbonyl (C=O) groups excluding carboxylic acids is 1. The van der Waals surface area contributed by atoms with Crippen molar-refractivity contribution in [1.29, 1.82) is 5.26 Å². The zero-order valence-corrected chi connectivity index (χ0v) is 20.3. The van der Waals surface area contributed by atoms with Gasteiger partial charge in [-0.1, -0.05) is 12.1 Å². The molecule has 0 unspecified atom stereocenters. The predicted octanol–water partition coefficient (Wildman–Crippen LogP) is 2.95. The SMILES string of the molecule is CC(=O)N1CCN(c2ccc(Nc3cc4c(cn3)cnn4S(=O)(=O)c3ccccc3C#N)cc2)CC1. The number of nitriles is 1. The monoisotopic (exact) mass is 501 g/mol. The van der Waals surface area contributed by atoms with Crippen LogP contribution in [-0.4, -0.2) is 59.6 Å². The first-order valence-corrected chi connectivity index (χ1v) is 12.8. The van der Waals surface area contributed by atoms with E-state index in [-0.39, 0.29) is 16.4 Å². The van der Waals surface area contributed by atoms with Crippen molar-refractivity contribution in [2.45, 2.75) is 11.8 Å². The van der Waals surface area contributed by atoms with Gasteiger partial charge in [0.1, 0.15) is 16.8 Å². The van der Waals surface area contributed by atoms with Crippen molar-refractivity contribution in [2.75, 3.05) is 36.4 Å². The Balaban J connectivity index is 1.37. The molecular weight excluding hydrogens is 478 g/mol. The number of rotatable bonds is 5. The number of nitrogens with zero attached hydrogens (tertiary/aromatic N) is 6. The summed E-state index contributed by atoms with van der Waals surface area (Å²) < 4.78 is 27.5. The van der Waals surface area contributed by atoms with Crippen molar-refractivity contribution in [3.05, 3.63) is 72.6 Å². The average Bonchev–Trinajstić information content (AvgIpc) is 3.33. The first kappa shape index (κ1) is 23.3. The summed E-state index contributed by atoms with van der Waals surface area (Å²) in [5, 5.41) is 17.2. The van der Waals surface area contributed by atoms with Crippen LogP contribution in [0.25, 0.3) is 10.9 Å². The predicted molar refractivity (Wildman–Crippen MR) is 135 cm³/mol. The van der Waals surface area contributed by atoms with Gasteiger partial charge in [0.05, 0.1) is 17.3 Å². The molecule has 11 heteroatoms. The maximum absolute atomic E-state index is 13.3. The molecule has 1 amide bonds. The van der Waals surface area contributed by atoms with Gasteiger partial charge >= 0.3 is 0 Å². The number of piperazine rings is 1. The van der Waals surface area contributed by atoms with Crippen LogP contribution in [-0.2, 0) is 14.8 Å². The van der Waals surface area contributed by atoms with Gasteiger partial charge in [-0.15, -0.1) is 0 Å². The molecule has 0 aliphatic carbocycles. The third-order valence-electron chi connectivity index (χ3n) is 6.16. The average molecular weight is 502 g/mol. The largest absolute Gasteiger partial charge is 0.368 e. The van der Waals surface area contributed by atoms with E-state index in [1.807, 2.05) is 35.2 Å². The lowest BCUT2D eigenvalue weighted by molar-refractivity contribution is -0.129. The van der Waals surface area contributed by atoms with Gasteiger partial charge in [0, 0.05) is 62.1 Å². The number of pyridine rings is 1. The molecule has 182 valence electrons. The molecule has 2 aromatic carbocycles. The third-order valence-corrected chi connectivity index (χ3v) is 7.82. The van der Waals surface area contributed by atoms with Crippen molar-refractivity contribution < 1.29 is 13.2 Å². The molecule has 0 atom stereocenters. The van der Waals surface area contributed by atoms with Crippen LogP contribution in [0.5, 0.6) is 0 Å². The number of nitrogens with one attached hydrogen (secondary N) is 1. The minimum absolute atomic E-state index is 0.0522. The van der Waals surface area contributed by atoms with E-state index in [0.717, 1.165) is 28.6 Å². The zero-order chi connectivity index (χ0) is 25.3. The summed E-state index contributed by atoms with van der Waals surface area (Å²) >= 11 is 0. The van der Waals surface area contributed by atoms with Crippen LogP contribution in [0.1, 0.15) is 12.5 Å². The van der Waals surface area contributed by atoms with Gasteiger partial charge in [-0.05, 0) is 36.4 Å². The van der Waals surface area contributed by atoms with Crippen molar-refractivity contribution in [2.24, 2.45) is 0 Å². The standard InChI is InChI=1S/C25H23N7O3S/c1-18(33)30-10-12-31(13-11-30)22-8-6-21(7-9-22)29-25-14-23-20(16-27-25)17-28-32(23)36(34,35)24-5-3-2-4-19(24)15-26/h2-9,14,16-17H,10-13H2,1H3,(H,27,29). The number of fused-ring (bicyclic) bond motifs is 1. The summed E-state index contributed by atoms with van der Waals surface area (Å²) in [5.41, 5.74) is 2.25. The van der Waals surface area contributed by atoms with Gasteiger partial charge in [-0.3, -0.25) is 4.79 Å². The van der Waals surface area contributed by atoms with E-state index >= 15 is 0 Å². The Hall–Kier alpha value is -4.43. The first-order chi connectivity index (χ1) is 17.4. The topological polar surface area (TPSA) is 124 Å². The van der Waals surface area contributed by atoms with E-state index in [1.54, 1.807) is 31.3 Å². The number of anilines is 3. The molecule has 5 rings (SSSR count). The van der Waals surface area contributed by atoms with Crippen LogP contribution in [0, 0.1) is 11.3 Å².